The number of nitriles is 2. The van der Waals surface area contributed by atoms with Gasteiger partial charge in [0.15, 0.2) is 0 Å². The number of carbonyl (C=O) groups is 2. The lowest BCUT2D eigenvalue weighted by atomic mass is 9.86. The normalized spacial score (nSPS) is 21.9. The molecular weight excluding hydrogens is 697 g/mol. The van der Waals surface area contributed by atoms with Crippen LogP contribution in [0.5, 0.6) is 0 Å². The van der Waals surface area contributed by atoms with Crippen molar-refractivity contribution in [2.45, 2.75) is 89.1 Å². The van der Waals surface area contributed by atoms with Crippen LogP contribution in [-0.4, -0.2) is 107 Å². The highest BCUT2D eigenvalue weighted by Gasteiger charge is 2.46. The van der Waals surface area contributed by atoms with Crippen LogP contribution in [0, 0.1) is 36.5 Å². The fourth-order valence-corrected chi connectivity index (χ4v) is 8.98. The molecule has 5 aromatic heterocycles. The van der Waals surface area contributed by atoms with Crippen molar-refractivity contribution in [3.8, 4) is 12.1 Å². The Hall–Kier alpha value is -5.87. The second-order valence-electron chi connectivity index (χ2n) is 15.0. The van der Waals surface area contributed by atoms with E-state index in [2.05, 4.69) is 56.2 Å². The van der Waals surface area contributed by atoms with Crippen molar-refractivity contribution in [1.29, 1.82) is 10.5 Å². The molecule has 1 amide bonds. The fraction of sp³-hybridized carbons (Fsp3) is 0.513. The van der Waals surface area contributed by atoms with Gasteiger partial charge in [0.05, 0.1) is 34.1 Å². The number of hydrogen-bond donors (Lipinski definition) is 3. The molecule has 16 heteroatoms. The third-order valence-electron chi connectivity index (χ3n) is 11.3. The van der Waals surface area contributed by atoms with E-state index < -0.39 is 0 Å². The minimum absolute atomic E-state index is 0.0304. The van der Waals surface area contributed by atoms with Crippen LogP contribution < -0.4 is 15.1 Å². The number of aromatic amines is 2. The molecule has 3 N–H and O–H groups in total. The van der Waals surface area contributed by atoms with Gasteiger partial charge < -0.3 is 30.0 Å². The van der Waals surface area contributed by atoms with Crippen molar-refractivity contribution in [2.24, 2.45) is 0 Å². The summed E-state index contributed by atoms with van der Waals surface area (Å²) in [6.45, 7) is 9.40. The van der Waals surface area contributed by atoms with E-state index in [0.29, 0.717) is 5.54 Å². The van der Waals surface area contributed by atoms with Gasteiger partial charge >= 0.3 is 0 Å². The predicted molar refractivity (Wildman–Crippen MR) is 207 cm³/mol. The summed E-state index contributed by atoms with van der Waals surface area (Å²) in [5.74, 6) is 1.70. The Balaban J connectivity index is 0.000000134. The highest BCUT2D eigenvalue weighted by molar-refractivity contribution is 5.88. The maximum absolute atomic E-state index is 12.4. The third kappa shape index (κ3) is 7.86. The van der Waals surface area contributed by atoms with Gasteiger partial charge in [-0.05, 0) is 90.0 Å². The fourth-order valence-electron chi connectivity index (χ4n) is 8.98. The highest BCUT2D eigenvalue weighted by atomic mass is 16.2. The molecule has 2 spiro atoms. The van der Waals surface area contributed by atoms with Crippen LogP contribution in [0.1, 0.15) is 80.4 Å². The Morgan fingerprint density at radius 3 is 1.93 bits per heavy atom. The van der Waals surface area contributed by atoms with E-state index in [0.717, 1.165) is 110 Å². The van der Waals surface area contributed by atoms with E-state index in [-0.39, 0.29) is 30.2 Å². The molecule has 9 rings (SSSR count). The van der Waals surface area contributed by atoms with E-state index >= 15 is 0 Å². The second kappa shape index (κ2) is 16.2. The number of hydrogen-bond acceptors (Lipinski definition) is 12. The van der Waals surface area contributed by atoms with Gasteiger partial charge in [0.25, 0.3) is 5.91 Å². The van der Waals surface area contributed by atoms with Crippen molar-refractivity contribution < 1.29 is 9.59 Å². The van der Waals surface area contributed by atoms with Gasteiger partial charge in [-0.2, -0.15) is 15.6 Å². The number of amides is 1. The highest BCUT2D eigenvalue weighted by Crippen LogP contribution is 2.40. The van der Waals surface area contributed by atoms with Gasteiger partial charge in [0.1, 0.15) is 48.4 Å². The average molecular weight is 745 g/mol. The zero-order valence-corrected chi connectivity index (χ0v) is 31.6. The molecule has 55 heavy (non-hydrogen) atoms. The molecule has 2 atom stereocenters. The second-order valence-corrected chi connectivity index (χ2v) is 15.0. The Labute approximate surface area is 319 Å². The molecule has 0 saturated carbocycles. The van der Waals surface area contributed by atoms with E-state index in [4.69, 9.17) is 10.5 Å². The van der Waals surface area contributed by atoms with Crippen molar-refractivity contribution >= 4 is 45.5 Å². The monoisotopic (exact) mass is 744 g/mol. The summed E-state index contributed by atoms with van der Waals surface area (Å²) in [5.41, 5.74) is 3.50. The molecule has 2 unspecified atom stereocenters. The summed E-state index contributed by atoms with van der Waals surface area (Å²) >= 11 is 0. The molecular formula is C39H48N14O2. The summed E-state index contributed by atoms with van der Waals surface area (Å²) in [6, 6.07) is 9.67. The molecule has 4 aliphatic rings. The van der Waals surface area contributed by atoms with Crippen LogP contribution in [0.15, 0.2) is 43.2 Å². The first-order chi connectivity index (χ1) is 26.7. The molecule has 4 fully saturated rings. The molecule has 9 heterocycles. The predicted octanol–water partition coefficient (Wildman–Crippen LogP) is 4.57. The van der Waals surface area contributed by atoms with Crippen LogP contribution >= 0.6 is 0 Å². The minimum atomic E-state index is -0.275. The average Bonchev–Trinajstić information content (AvgIpc) is 4.04. The SMILES string of the molecule is Cc1cc(C)n(C(=O)CC#N)n1.N#CCC(=O)N1CCCC12CCCN(c1ncnc3[nH]ccc13)C2.c1nc(N2CCCC3(CCCN3)C2)c2cc[nH]c2n1. The van der Waals surface area contributed by atoms with E-state index in [1.165, 1.54) is 30.4 Å². The van der Waals surface area contributed by atoms with E-state index in [9.17, 15) is 9.59 Å². The number of nitrogens with one attached hydrogen (secondary N) is 3. The zero-order chi connectivity index (χ0) is 38.4. The number of H-pyrrole nitrogens is 2. The molecule has 0 bridgehead atoms. The van der Waals surface area contributed by atoms with Crippen LogP contribution in [-0.2, 0) is 4.79 Å². The number of rotatable bonds is 4. The van der Waals surface area contributed by atoms with Gasteiger partial charge in [-0.1, -0.05) is 0 Å². The van der Waals surface area contributed by atoms with Crippen molar-refractivity contribution in [3.63, 3.8) is 0 Å². The number of nitrogens with zero attached hydrogens (tertiary/aromatic N) is 11. The van der Waals surface area contributed by atoms with Crippen LogP contribution in [0.2, 0.25) is 0 Å². The standard InChI is InChI=1S/C17H20N6O.C14H19N5.C8H9N3O/c18-7-3-14(24)23-10-2-6-17(23)5-1-9-22(11-17)16-13-4-8-19-15(13)20-12-21-16;1-4-14(18-6-1)5-2-8-19(9-14)13-11-3-7-15-12(11)16-10-17-13;1-6-5-7(2)11(10-6)8(12)3-4-9/h4,8,12H,1-3,5-6,9-11H2,(H,19,20,21);3,7,10,18H,1-2,4-6,8-9H2,(H,15,16,17);5H,3H2,1-2H3. The first-order valence-corrected chi connectivity index (χ1v) is 19.2. The van der Waals surface area contributed by atoms with Crippen LogP contribution in [0.25, 0.3) is 22.1 Å². The molecule has 5 aromatic rings. The quantitative estimate of drug-likeness (QED) is 0.232. The minimum Gasteiger partial charge on any atom is -0.354 e. The van der Waals surface area contributed by atoms with Crippen molar-refractivity contribution in [1.82, 2.24) is 49.9 Å². The van der Waals surface area contributed by atoms with E-state index in [1.54, 1.807) is 31.7 Å². The Morgan fingerprint density at radius 1 is 0.764 bits per heavy atom. The zero-order valence-electron chi connectivity index (χ0n) is 31.6. The smallest absolute Gasteiger partial charge is 0.261 e. The van der Waals surface area contributed by atoms with Gasteiger partial charge in [-0.15, -0.1) is 0 Å². The van der Waals surface area contributed by atoms with Gasteiger partial charge in [0.2, 0.25) is 5.91 Å². The Bertz CT molecular complexity index is 2220. The first kappa shape index (κ1) is 37.4. The third-order valence-corrected chi connectivity index (χ3v) is 11.3. The van der Waals surface area contributed by atoms with Crippen molar-refractivity contribution in [2.75, 3.05) is 49.1 Å². The summed E-state index contributed by atoms with van der Waals surface area (Å²) in [4.78, 5) is 54.1. The maximum Gasteiger partial charge on any atom is 0.261 e. The summed E-state index contributed by atoms with van der Waals surface area (Å²) < 4.78 is 1.26. The van der Waals surface area contributed by atoms with Crippen LogP contribution in [0.4, 0.5) is 11.6 Å². The first-order valence-electron chi connectivity index (χ1n) is 19.2. The molecule has 4 aliphatic heterocycles. The summed E-state index contributed by atoms with van der Waals surface area (Å²) in [6.07, 6.45) is 16.1. The number of anilines is 2. The number of carbonyl (C=O) groups excluding carboxylic acids is 2. The van der Waals surface area contributed by atoms with Crippen molar-refractivity contribution in [3.05, 3.63) is 54.6 Å². The van der Waals surface area contributed by atoms with E-state index in [1.807, 2.05) is 36.4 Å². The largest absolute Gasteiger partial charge is 0.354 e. The summed E-state index contributed by atoms with van der Waals surface area (Å²) in [7, 11) is 0. The molecule has 16 nitrogen and oxygen atoms in total. The topological polar surface area (TPSA) is 204 Å². The van der Waals surface area contributed by atoms with Crippen LogP contribution in [0.3, 0.4) is 0 Å². The molecule has 0 aliphatic carbocycles. The molecule has 0 aromatic carbocycles. The lowest BCUT2D eigenvalue weighted by Crippen LogP contribution is -2.57. The number of aromatic nitrogens is 8. The number of aryl methyl sites for hydroxylation is 2. The van der Waals surface area contributed by atoms with Gasteiger partial charge in [-0.3, -0.25) is 9.59 Å². The number of likely N-dealkylation sites (tertiary alicyclic amines) is 1. The van der Waals surface area contributed by atoms with Gasteiger partial charge in [-0.25, -0.2) is 24.6 Å². The lowest BCUT2D eigenvalue weighted by molar-refractivity contribution is -0.134. The molecule has 0 radical (unpaired) electrons. The Kier molecular flexibility index (Phi) is 11.1. The number of fused-ring (bicyclic) bond motifs is 2. The summed E-state index contributed by atoms with van der Waals surface area (Å²) in [5, 5.41) is 27.0. The Morgan fingerprint density at radius 2 is 1.35 bits per heavy atom. The maximum atomic E-state index is 12.4. The molecule has 4 saturated heterocycles. The molecule has 286 valence electrons. The van der Waals surface area contributed by atoms with Gasteiger partial charge in [0, 0.05) is 56.4 Å². The lowest BCUT2D eigenvalue weighted by Gasteiger charge is -2.46. The number of piperidine rings is 2.